The zero-order valence-electron chi connectivity index (χ0n) is 8.65. The molecule has 0 amide bonds. The van der Waals surface area contributed by atoms with Crippen molar-refractivity contribution in [3.05, 3.63) is 45.3 Å². The molecule has 2 nitrogen and oxygen atoms in total. The molecule has 0 saturated heterocycles. The average Bonchev–Trinajstić information content (AvgIpc) is 2.28. The molecule has 0 saturated carbocycles. The van der Waals surface area contributed by atoms with Gasteiger partial charge < -0.3 is 8.62 Å². The Labute approximate surface area is 124 Å². The molecule has 5 heteroatoms. The summed E-state index contributed by atoms with van der Waals surface area (Å²) in [5.74, 6) is 1.69. The quantitative estimate of drug-likeness (QED) is 0.635. The van der Waals surface area contributed by atoms with Crippen molar-refractivity contribution < 1.29 is 4.74 Å². The van der Waals surface area contributed by atoms with Crippen LogP contribution in [0.1, 0.15) is 0 Å². The van der Waals surface area contributed by atoms with Gasteiger partial charge in [0.05, 0.1) is 11.4 Å². The highest BCUT2D eigenvalue weighted by atomic mass is 79.9. The maximum Gasteiger partial charge on any atom is 0.318 e. The van der Waals surface area contributed by atoms with Crippen molar-refractivity contribution in [2.75, 3.05) is 3.88 Å². The molecule has 2 aromatic carbocycles. The van der Waals surface area contributed by atoms with E-state index in [9.17, 15) is 0 Å². The number of benzene rings is 2. The normalized spacial score (nSPS) is 12.7. The number of hydrogen-bond acceptors (Lipinski definition) is 2. The number of ether oxygens (including phenoxy) is 1. The summed E-state index contributed by atoms with van der Waals surface area (Å²) in [7, 11) is 0. The summed E-state index contributed by atoms with van der Waals surface area (Å²) in [6.07, 6.45) is 0. The molecular formula is C12H6AlBr2NO. The zero-order valence-corrected chi connectivity index (χ0v) is 13.0. The van der Waals surface area contributed by atoms with Crippen molar-refractivity contribution in [1.29, 1.82) is 0 Å². The Morgan fingerprint density at radius 2 is 1.35 bits per heavy atom. The number of hydrogen-bond donors (Lipinski definition) is 0. The van der Waals surface area contributed by atoms with Crippen LogP contribution in [0, 0.1) is 0 Å². The zero-order chi connectivity index (χ0) is 12.0. The highest BCUT2D eigenvalue weighted by molar-refractivity contribution is 9.10. The Morgan fingerprint density at radius 1 is 0.882 bits per heavy atom. The topological polar surface area (TPSA) is 12.5 Å². The van der Waals surface area contributed by atoms with E-state index >= 15 is 0 Å². The van der Waals surface area contributed by atoms with Gasteiger partial charge in [-0.3, -0.25) is 0 Å². The van der Waals surface area contributed by atoms with Crippen LogP contribution >= 0.6 is 31.9 Å². The summed E-state index contributed by atoms with van der Waals surface area (Å²) in [4.78, 5) is 0. The monoisotopic (exact) mass is 365 g/mol. The first-order valence-electron chi connectivity index (χ1n) is 4.97. The molecule has 82 valence electrons. The molecule has 0 aromatic heterocycles. The lowest BCUT2D eigenvalue weighted by atomic mass is 10.2. The van der Waals surface area contributed by atoms with Gasteiger partial charge in [0.15, 0.2) is 0 Å². The largest absolute Gasteiger partial charge is 0.453 e. The van der Waals surface area contributed by atoms with Crippen molar-refractivity contribution in [3.8, 4) is 11.5 Å². The van der Waals surface area contributed by atoms with E-state index in [4.69, 9.17) is 4.74 Å². The summed E-state index contributed by atoms with van der Waals surface area (Å²) in [5.41, 5.74) is 2.07. The third-order valence-electron chi connectivity index (χ3n) is 2.58. The Balaban J connectivity index is 2.17. The fourth-order valence-electron chi connectivity index (χ4n) is 1.79. The third kappa shape index (κ3) is 2.02. The maximum absolute atomic E-state index is 5.89. The van der Waals surface area contributed by atoms with Crippen molar-refractivity contribution in [2.24, 2.45) is 0 Å². The second-order valence-corrected chi connectivity index (χ2v) is 6.04. The van der Waals surface area contributed by atoms with E-state index in [1.54, 1.807) is 0 Å². The summed E-state index contributed by atoms with van der Waals surface area (Å²) >= 11 is 9.62. The van der Waals surface area contributed by atoms with E-state index in [1.807, 2.05) is 40.3 Å². The van der Waals surface area contributed by atoms with Gasteiger partial charge in [-0.1, -0.05) is 31.9 Å². The molecule has 1 aliphatic rings. The van der Waals surface area contributed by atoms with Crippen LogP contribution in [0.3, 0.4) is 0 Å². The minimum atomic E-state index is 0.847. The fourth-order valence-corrected chi connectivity index (χ4v) is 2.89. The first-order valence-corrected chi connectivity index (χ1v) is 7.07. The predicted molar refractivity (Wildman–Crippen MR) is 76.3 cm³/mol. The molecule has 0 N–H and O–H groups in total. The Morgan fingerprint density at radius 3 is 1.82 bits per heavy atom. The van der Waals surface area contributed by atoms with Crippen LogP contribution in [-0.2, 0) is 0 Å². The van der Waals surface area contributed by atoms with Crippen molar-refractivity contribution in [2.45, 2.75) is 0 Å². The summed E-state index contributed by atoms with van der Waals surface area (Å²) < 4.78 is 9.96. The molecule has 0 unspecified atom stereocenters. The van der Waals surface area contributed by atoms with Crippen molar-refractivity contribution >= 4 is 59.7 Å². The number of nitrogens with zero attached hydrogens (tertiary/aromatic N) is 1. The molecule has 0 aliphatic carbocycles. The minimum absolute atomic E-state index is 0.847. The molecule has 3 rings (SSSR count). The summed E-state index contributed by atoms with van der Waals surface area (Å²) in [6, 6.07) is 12.0. The van der Waals surface area contributed by atoms with Crippen LogP contribution in [0.5, 0.6) is 11.5 Å². The summed E-state index contributed by atoms with van der Waals surface area (Å²) in [5, 5.41) is 0. The molecule has 1 heterocycles. The average molecular weight is 367 g/mol. The molecular weight excluding hydrogens is 361 g/mol. The van der Waals surface area contributed by atoms with Crippen LogP contribution in [0.2, 0.25) is 0 Å². The lowest BCUT2D eigenvalue weighted by molar-refractivity contribution is 0.477. The van der Waals surface area contributed by atoms with Gasteiger partial charge in [-0.05, 0) is 36.4 Å². The van der Waals surface area contributed by atoms with E-state index in [1.165, 1.54) is 0 Å². The predicted octanol–water partition coefficient (Wildman–Crippen LogP) is 4.54. The third-order valence-corrected chi connectivity index (χ3v) is 4.13. The first-order chi connectivity index (χ1) is 8.15. The van der Waals surface area contributed by atoms with Crippen molar-refractivity contribution in [3.63, 3.8) is 0 Å². The second kappa shape index (κ2) is 4.33. The number of anilines is 2. The van der Waals surface area contributed by atoms with Crippen molar-refractivity contribution in [1.82, 2.24) is 0 Å². The molecule has 0 atom stereocenters. The molecule has 2 aromatic rings. The highest BCUT2D eigenvalue weighted by Crippen LogP contribution is 2.46. The van der Waals surface area contributed by atoms with Gasteiger partial charge in [0, 0.05) is 8.95 Å². The number of halogens is 2. The van der Waals surface area contributed by atoms with Gasteiger partial charge in [-0.25, -0.2) is 0 Å². The van der Waals surface area contributed by atoms with Gasteiger partial charge in [0.1, 0.15) is 11.5 Å². The minimum Gasteiger partial charge on any atom is -0.453 e. The van der Waals surface area contributed by atoms with Gasteiger partial charge in [-0.15, -0.1) is 0 Å². The van der Waals surface area contributed by atoms with Gasteiger partial charge in [-0.2, -0.15) is 0 Å². The lowest BCUT2D eigenvalue weighted by Crippen LogP contribution is -2.17. The van der Waals surface area contributed by atoms with Crippen LogP contribution in [0.4, 0.5) is 11.4 Å². The highest BCUT2D eigenvalue weighted by Gasteiger charge is 2.20. The van der Waals surface area contributed by atoms with Gasteiger partial charge in [0.25, 0.3) is 0 Å². The Bertz CT molecular complexity index is 552. The summed E-state index contributed by atoms with van der Waals surface area (Å²) in [6.45, 7) is 0. The van der Waals surface area contributed by atoms with Crippen LogP contribution in [-0.4, -0.2) is 16.5 Å². The smallest absolute Gasteiger partial charge is 0.318 e. The van der Waals surface area contributed by atoms with Gasteiger partial charge in [0.2, 0.25) is 0 Å². The maximum atomic E-state index is 5.89. The molecule has 0 fully saturated rings. The van der Waals surface area contributed by atoms with Crippen LogP contribution in [0.15, 0.2) is 45.3 Å². The molecule has 1 aliphatic heterocycles. The molecule has 2 radical (unpaired) electrons. The Hall–Kier alpha value is -0.468. The van der Waals surface area contributed by atoms with E-state index in [2.05, 4.69) is 48.4 Å². The van der Waals surface area contributed by atoms with E-state index in [0.29, 0.717) is 0 Å². The SMILES string of the molecule is [Al][N]1c2ccc(Br)cc2Oc2cc(Br)ccc21. The Kier molecular flexibility index (Phi) is 2.96. The molecule has 17 heavy (non-hydrogen) atoms. The second-order valence-electron chi connectivity index (χ2n) is 3.70. The molecule has 0 bridgehead atoms. The number of fused-ring (bicyclic) bond motifs is 2. The first kappa shape index (κ1) is 11.6. The van der Waals surface area contributed by atoms with E-state index in [-0.39, 0.29) is 0 Å². The standard InChI is InChI=1S/C12H6Br2NO.Al/c13-7-1-3-9-11(5-7)16-12-6-8(14)2-4-10(12)15-9;/h1-6H;/q-1;+1. The van der Waals surface area contributed by atoms with Gasteiger partial charge >= 0.3 is 16.5 Å². The lowest BCUT2D eigenvalue weighted by Gasteiger charge is -2.31. The number of rotatable bonds is 0. The fraction of sp³-hybridized carbons (Fsp3) is 0. The van der Waals surface area contributed by atoms with E-state index < -0.39 is 0 Å². The molecule has 0 spiro atoms. The van der Waals surface area contributed by atoms with E-state index in [0.717, 1.165) is 31.8 Å². The van der Waals surface area contributed by atoms with Crippen LogP contribution < -0.4 is 8.62 Å². The van der Waals surface area contributed by atoms with Crippen LogP contribution in [0.25, 0.3) is 0 Å².